The van der Waals surface area contributed by atoms with E-state index < -0.39 is 29.6 Å². The number of carbonyl (C=O) groups excluding carboxylic acids is 1. The molecule has 0 aromatic heterocycles. The van der Waals surface area contributed by atoms with E-state index >= 15 is 0 Å². The Morgan fingerprint density at radius 2 is 1.42 bits per heavy atom. The van der Waals surface area contributed by atoms with Gasteiger partial charge in [-0.2, -0.15) is 26.3 Å². The van der Waals surface area contributed by atoms with Crippen molar-refractivity contribution in [2.75, 3.05) is 0 Å². The number of benzene rings is 1. The third-order valence-corrected chi connectivity index (χ3v) is 2.71. The highest BCUT2D eigenvalue weighted by Gasteiger charge is 2.60. The van der Waals surface area contributed by atoms with Crippen LogP contribution in [0.25, 0.3) is 0 Å². The lowest BCUT2D eigenvalue weighted by Gasteiger charge is -2.22. The third kappa shape index (κ3) is 3.48. The molecule has 0 fully saturated rings. The van der Waals surface area contributed by atoms with Crippen molar-refractivity contribution in [1.82, 2.24) is 0 Å². The summed E-state index contributed by atoms with van der Waals surface area (Å²) < 4.78 is 74.3. The predicted octanol–water partition coefficient (Wildman–Crippen LogP) is 4.23. The molecular weight excluding hydrogens is 274 g/mol. The lowest BCUT2D eigenvalue weighted by Crippen LogP contribution is -2.42. The number of halogens is 6. The summed E-state index contributed by atoms with van der Waals surface area (Å²) >= 11 is 0. The standard InChI is InChI=1S/C12H10F6O/c1-6-3-4-8(5-7(6)2)9(19)10(11(13,14)15)12(16,17)18/h3-5,10H,1-2H3. The zero-order valence-electron chi connectivity index (χ0n) is 9.99. The summed E-state index contributed by atoms with van der Waals surface area (Å²) in [4.78, 5) is 11.5. The Labute approximate surface area is 105 Å². The van der Waals surface area contributed by atoms with Gasteiger partial charge in [0.1, 0.15) is 0 Å². The van der Waals surface area contributed by atoms with Crippen LogP contribution < -0.4 is 0 Å². The molecule has 1 aromatic rings. The summed E-state index contributed by atoms with van der Waals surface area (Å²) in [6, 6.07) is 3.31. The molecule has 0 amide bonds. The number of hydrogen-bond donors (Lipinski definition) is 0. The predicted molar refractivity (Wildman–Crippen MR) is 55.8 cm³/mol. The summed E-state index contributed by atoms with van der Waals surface area (Å²) in [6.45, 7) is 3.14. The van der Waals surface area contributed by atoms with Crippen LogP contribution in [-0.2, 0) is 0 Å². The summed E-state index contributed by atoms with van der Waals surface area (Å²) in [6.07, 6.45) is -11.3. The Morgan fingerprint density at radius 3 is 1.79 bits per heavy atom. The number of rotatable bonds is 2. The monoisotopic (exact) mass is 284 g/mol. The molecule has 0 aliphatic rings. The number of alkyl halides is 6. The van der Waals surface area contributed by atoms with Crippen molar-refractivity contribution in [1.29, 1.82) is 0 Å². The van der Waals surface area contributed by atoms with E-state index in [0.717, 1.165) is 12.1 Å². The second kappa shape index (κ2) is 4.86. The number of hydrogen-bond acceptors (Lipinski definition) is 1. The molecule has 0 bridgehead atoms. The smallest absolute Gasteiger partial charge is 0.293 e. The maximum Gasteiger partial charge on any atom is 0.407 e. The molecule has 106 valence electrons. The van der Waals surface area contributed by atoms with Gasteiger partial charge in [-0.1, -0.05) is 12.1 Å². The largest absolute Gasteiger partial charge is 0.407 e. The van der Waals surface area contributed by atoms with Gasteiger partial charge in [-0.05, 0) is 31.0 Å². The van der Waals surface area contributed by atoms with Gasteiger partial charge in [0, 0.05) is 5.56 Å². The fourth-order valence-electron chi connectivity index (χ4n) is 1.54. The maximum absolute atomic E-state index is 12.4. The molecule has 0 heterocycles. The van der Waals surface area contributed by atoms with Crippen molar-refractivity contribution in [2.24, 2.45) is 5.92 Å². The van der Waals surface area contributed by atoms with Crippen molar-refractivity contribution < 1.29 is 31.1 Å². The molecule has 0 atom stereocenters. The average molecular weight is 284 g/mol. The van der Waals surface area contributed by atoms with Crippen LogP contribution in [0.4, 0.5) is 26.3 Å². The Kier molecular flexibility index (Phi) is 3.97. The first-order valence-corrected chi connectivity index (χ1v) is 5.19. The Balaban J connectivity index is 3.24. The number of aryl methyl sites for hydroxylation is 2. The quantitative estimate of drug-likeness (QED) is 0.587. The van der Waals surface area contributed by atoms with Crippen molar-refractivity contribution in [3.63, 3.8) is 0 Å². The first-order valence-electron chi connectivity index (χ1n) is 5.19. The van der Waals surface area contributed by atoms with E-state index in [2.05, 4.69) is 0 Å². The number of ketones is 1. The minimum atomic E-state index is -5.66. The van der Waals surface area contributed by atoms with Gasteiger partial charge in [0.05, 0.1) is 0 Å². The maximum atomic E-state index is 12.4. The molecule has 0 unspecified atom stereocenters. The van der Waals surface area contributed by atoms with Gasteiger partial charge in [-0.25, -0.2) is 0 Å². The summed E-state index contributed by atoms with van der Waals surface area (Å²) in [5, 5.41) is 0. The van der Waals surface area contributed by atoms with Crippen LogP contribution in [0.2, 0.25) is 0 Å². The second-order valence-corrected chi connectivity index (χ2v) is 4.18. The molecule has 1 rings (SSSR count). The Morgan fingerprint density at radius 1 is 0.947 bits per heavy atom. The Bertz CT molecular complexity index is 472. The zero-order valence-corrected chi connectivity index (χ0v) is 9.99. The van der Waals surface area contributed by atoms with E-state index in [1.54, 1.807) is 6.92 Å². The van der Waals surface area contributed by atoms with E-state index in [1.165, 1.54) is 13.0 Å². The summed E-state index contributed by atoms with van der Waals surface area (Å²) in [5.41, 5.74) is 0.531. The molecule has 7 heteroatoms. The van der Waals surface area contributed by atoms with Crippen LogP contribution in [0.1, 0.15) is 21.5 Å². The van der Waals surface area contributed by atoms with E-state index in [1.807, 2.05) is 0 Å². The van der Waals surface area contributed by atoms with Crippen LogP contribution in [0, 0.1) is 19.8 Å². The van der Waals surface area contributed by atoms with Gasteiger partial charge in [0.25, 0.3) is 0 Å². The highest BCUT2D eigenvalue weighted by Crippen LogP contribution is 2.41. The first-order chi connectivity index (χ1) is 8.44. The highest BCUT2D eigenvalue weighted by molar-refractivity contribution is 5.99. The van der Waals surface area contributed by atoms with Gasteiger partial charge in [0.15, 0.2) is 5.78 Å². The summed E-state index contributed by atoms with van der Waals surface area (Å²) in [5.74, 6) is -5.97. The highest BCUT2D eigenvalue weighted by atomic mass is 19.4. The molecule has 1 aromatic carbocycles. The minimum absolute atomic E-state index is 0.453. The van der Waals surface area contributed by atoms with Gasteiger partial charge < -0.3 is 0 Å². The van der Waals surface area contributed by atoms with E-state index in [0.29, 0.717) is 11.1 Å². The number of Topliss-reactive ketones (excluding diaryl/α,β-unsaturated/α-hetero) is 1. The van der Waals surface area contributed by atoms with Crippen LogP contribution in [-0.4, -0.2) is 18.1 Å². The van der Waals surface area contributed by atoms with Gasteiger partial charge >= 0.3 is 12.4 Å². The van der Waals surface area contributed by atoms with Gasteiger partial charge in [0.2, 0.25) is 5.92 Å². The first kappa shape index (κ1) is 15.5. The third-order valence-electron chi connectivity index (χ3n) is 2.71. The van der Waals surface area contributed by atoms with E-state index in [-0.39, 0.29) is 0 Å². The van der Waals surface area contributed by atoms with Crippen LogP contribution >= 0.6 is 0 Å². The van der Waals surface area contributed by atoms with Crippen LogP contribution in [0.5, 0.6) is 0 Å². The van der Waals surface area contributed by atoms with E-state index in [4.69, 9.17) is 0 Å². The molecule has 0 aliphatic carbocycles. The molecule has 0 N–H and O–H groups in total. The van der Waals surface area contributed by atoms with Crippen molar-refractivity contribution in [2.45, 2.75) is 26.2 Å². The Hall–Kier alpha value is -1.53. The molecule has 0 spiro atoms. The fourth-order valence-corrected chi connectivity index (χ4v) is 1.54. The molecular formula is C12H10F6O. The average Bonchev–Trinajstić information content (AvgIpc) is 2.17. The SMILES string of the molecule is Cc1ccc(C(=O)C(C(F)(F)F)C(F)(F)F)cc1C. The van der Waals surface area contributed by atoms with Crippen LogP contribution in [0.3, 0.4) is 0 Å². The van der Waals surface area contributed by atoms with Gasteiger partial charge in [-0.15, -0.1) is 0 Å². The van der Waals surface area contributed by atoms with Crippen molar-refractivity contribution in [3.8, 4) is 0 Å². The molecule has 0 aliphatic heterocycles. The lowest BCUT2D eigenvalue weighted by molar-refractivity contribution is -0.264. The second-order valence-electron chi connectivity index (χ2n) is 4.18. The molecule has 0 saturated carbocycles. The van der Waals surface area contributed by atoms with Gasteiger partial charge in [-0.3, -0.25) is 4.79 Å². The molecule has 0 saturated heterocycles. The fraction of sp³-hybridized carbons (Fsp3) is 0.417. The van der Waals surface area contributed by atoms with Crippen LogP contribution in [0.15, 0.2) is 18.2 Å². The van der Waals surface area contributed by atoms with E-state index in [9.17, 15) is 31.1 Å². The lowest BCUT2D eigenvalue weighted by atomic mass is 9.94. The minimum Gasteiger partial charge on any atom is -0.293 e. The molecule has 1 nitrogen and oxygen atoms in total. The number of carbonyl (C=O) groups is 1. The summed E-state index contributed by atoms with van der Waals surface area (Å²) in [7, 11) is 0. The zero-order chi connectivity index (χ0) is 15.0. The topological polar surface area (TPSA) is 17.1 Å². The van der Waals surface area contributed by atoms with Crippen molar-refractivity contribution >= 4 is 5.78 Å². The molecule has 0 radical (unpaired) electrons. The normalized spacial score (nSPS) is 12.9. The van der Waals surface area contributed by atoms with Crippen molar-refractivity contribution in [3.05, 3.63) is 34.9 Å². The molecule has 19 heavy (non-hydrogen) atoms.